The van der Waals surface area contributed by atoms with Gasteiger partial charge in [-0.2, -0.15) is 8.75 Å². The fourth-order valence-electron chi connectivity index (χ4n) is 6.43. The third-order valence-electron chi connectivity index (χ3n) is 9.07. The van der Waals surface area contributed by atoms with Crippen LogP contribution in [0.5, 0.6) is 0 Å². The molecule has 0 atom stereocenters. The largest absolute Gasteiger partial charge is 0.541 e. The number of benzene rings is 3. The van der Waals surface area contributed by atoms with E-state index in [1.165, 1.54) is 21.5 Å². The maximum Gasteiger partial charge on any atom is 0.541 e. The molecule has 0 fully saturated rings. The minimum absolute atomic E-state index is 0.0728. The summed E-state index contributed by atoms with van der Waals surface area (Å²) in [5.74, 6) is 0. The van der Waals surface area contributed by atoms with Gasteiger partial charge in [0, 0.05) is 41.0 Å². The van der Waals surface area contributed by atoms with Crippen molar-refractivity contribution in [1.29, 1.82) is 0 Å². The maximum atomic E-state index is 13.2. The maximum absolute atomic E-state index is 13.2. The second kappa shape index (κ2) is 13.6. The summed E-state index contributed by atoms with van der Waals surface area (Å²) >= 11 is 4.66. The summed E-state index contributed by atoms with van der Waals surface area (Å²) in [6.45, 7) is 16.6. The van der Waals surface area contributed by atoms with E-state index in [4.69, 9.17) is 27.1 Å². The lowest BCUT2D eigenvalue weighted by molar-refractivity contribution is 0.0752. The van der Waals surface area contributed by atoms with Crippen molar-refractivity contribution < 1.29 is 27.9 Å². The van der Waals surface area contributed by atoms with E-state index in [1.54, 1.807) is 36.5 Å². The highest BCUT2D eigenvalue weighted by atomic mass is 32.1. The number of hydrogen-bond donors (Lipinski definition) is 0. The quantitative estimate of drug-likeness (QED) is 0.117. The van der Waals surface area contributed by atoms with Gasteiger partial charge in [0.15, 0.2) is 0 Å². The zero-order chi connectivity index (χ0) is 37.0. The predicted octanol–water partition coefficient (Wildman–Crippen LogP) is 10.3. The molecule has 0 saturated heterocycles. The Morgan fingerprint density at radius 2 is 1.13 bits per heavy atom. The Balaban J connectivity index is 1.32. The lowest BCUT2D eigenvalue weighted by Gasteiger charge is -2.28. The molecule has 3 aromatic carbocycles. The van der Waals surface area contributed by atoms with Crippen LogP contribution in [0.2, 0.25) is 0 Å². The minimum Gasteiger partial charge on any atom is -0.446 e. The van der Waals surface area contributed by atoms with Crippen LogP contribution in [0.3, 0.4) is 0 Å². The van der Waals surface area contributed by atoms with Crippen LogP contribution < -0.4 is 10.4 Å². The number of ether oxygens (including phenoxy) is 2. The lowest BCUT2D eigenvalue weighted by atomic mass is 9.86. The van der Waals surface area contributed by atoms with Gasteiger partial charge in [-0.15, -0.1) is 22.7 Å². The molecule has 7 rings (SSSR count). The topological polar surface area (TPSA) is 96.8 Å². The van der Waals surface area contributed by atoms with Crippen molar-refractivity contribution in [3.63, 3.8) is 0 Å². The number of fused-ring (bicyclic) bond motifs is 4. The van der Waals surface area contributed by atoms with Crippen LogP contribution >= 0.6 is 34.4 Å². The molecule has 1 aliphatic heterocycles. The van der Waals surface area contributed by atoms with Gasteiger partial charge in [-0.1, -0.05) is 84.0 Å². The number of carbonyl (C=O) groups excluding carboxylic acids is 2. The Morgan fingerprint density at radius 3 is 1.69 bits per heavy atom. The van der Waals surface area contributed by atoms with E-state index < -0.39 is 20.9 Å². The molecular weight excluding hydrogens is 729 g/mol. The second-order valence-corrected chi connectivity index (χ2v) is 20.1. The van der Waals surface area contributed by atoms with E-state index in [1.807, 2.05) is 24.3 Å². The van der Waals surface area contributed by atoms with Crippen LogP contribution in [0.25, 0.3) is 53.5 Å². The molecule has 12 heteroatoms. The van der Waals surface area contributed by atoms with E-state index in [0.717, 1.165) is 54.2 Å². The first-order valence-electron chi connectivity index (χ1n) is 17.2. The molecule has 268 valence electrons. The molecule has 1 aliphatic rings. The van der Waals surface area contributed by atoms with Crippen LogP contribution in [-0.2, 0) is 29.2 Å². The number of thiophene rings is 2. The van der Waals surface area contributed by atoms with E-state index in [2.05, 4.69) is 90.1 Å². The SMILES string of the molecule is CCOC(=O)O[Si]1(OC(=O)OCC)c2cc(-c3ccc(-c4ccc(-c5ccc(C(C)(C)C)s5)c5nsnc45)s3)ccc2-c2ccc(C(C)(C)C)cc21. The zero-order valence-corrected chi connectivity index (χ0v) is 33.9. The highest BCUT2D eigenvalue weighted by Crippen LogP contribution is 2.43. The van der Waals surface area contributed by atoms with Crippen LogP contribution in [-0.4, -0.2) is 42.8 Å². The Kier molecular flexibility index (Phi) is 9.39. The summed E-state index contributed by atoms with van der Waals surface area (Å²) < 4.78 is 32.4. The highest BCUT2D eigenvalue weighted by molar-refractivity contribution is 7.19. The van der Waals surface area contributed by atoms with E-state index in [0.29, 0.717) is 10.4 Å². The third kappa shape index (κ3) is 6.46. The monoisotopic (exact) mass is 768 g/mol. The van der Waals surface area contributed by atoms with E-state index in [9.17, 15) is 9.59 Å². The third-order valence-corrected chi connectivity index (χ3v) is 15.5. The first-order valence-corrected chi connectivity index (χ1v) is 21.4. The Hall–Kier alpha value is -4.36. The standard InChI is InChI=1S/C40H40N2O6S3Si/c1-9-45-37(43)47-52(48-38(44)46-10-2)32-21-23(11-13-25(32)26-14-12-24(22-33(26)52)39(3,4)5)29-17-18-30(49-29)27-15-16-28(36-35(27)41-51-42-36)31-19-20-34(50-31)40(6,7)8/h11-22H,9-10H2,1-8H3. The van der Waals surface area contributed by atoms with Gasteiger partial charge < -0.3 is 18.3 Å². The Labute approximate surface area is 316 Å². The summed E-state index contributed by atoms with van der Waals surface area (Å²) in [6, 6.07) is 25.0. The van der Waals surface area contributed by atoms with Gasteiger partial charge in [0.1, 0.15) is 11.0 Å². The predicted molar refractivity (Wildman–Crippen MR) is 214 cm³/mol. The molecule has 3 aromatic heterocycles. The highest BCUT2D eigenvalue weighted by Gasteiger charge is 2.58. The van der Waals surface area contributed by atoms with Crippen molar-refractivity contribution in [2.45, 2.75) is 66.2 Å². The van der Waals surface area contributed by atoms with Gasteiger partial charge in [-0.3, -0.25) is 0 Å². The van der Waals surface area contributed by atoms with Gasteiger partial charge in [0.25, 0.3) is 0 Å². The number of rotatable bonds is 7. The number of aromatic nitrogens is 2. The molecule has 0 bridgehead atoms. The molecule has 0 aliphatic carbocycles. The molecule has 6 aromatic rings. The van der Waals surface area contributed by atoms with Gasteiger partial charge in [0.2, 0.25) is 0 Å². The first kappa shape index (κ1) is 36.0. The summed E-state index contributed by atoms with van der Waals surface area (Å²) in [4.78, 5) is 30.9. The summed E-state index contributed by atoms with van der Waals surface area (Å²) in [5.41, 5.74) is 7.32. The number of hydrogen-bond acceptors (Lipinski definition) is 11. The van der Waals surface area contributed by atoms with E-state index in [-0.39, 0.29) is 24.0 Å². The molecule has 0 amide bonds. The fraction of sp³-hybridized carbons (Fsp3) is 0.300. The van der Waals surface area contributed by atoms with Gasteiger partial charge in [-0.05, 0) is 77.3 Å². The zero-order valence-electron chi connectivity index (χ0n) is 30.4. The average molecular weight is 769 g/mol. The van der Waals surface area contributed by atoms with Crippen molar-refractivity contribution in [3.05, 3.63) is 83.2 Å². The molecule has 0 N–H and O–H groups in total. The summed E-state index contributed by atoms with van der Waals surface area (Å²) in [5, 5.41) is 1.31. The molecule has 4 heterocycles. The van der Waals surface area contributed by atoms with Crippen molar-refractivity contribution in [1.82, 2.24) is 8.75 Å². The normalized spacial score (nSPS) is 13.5. The molecule has 8 nitrogen and oxygen atoms in total. The van der Waals surface area contributed by atoms with Crippen molar-refractivity contribution in [3.8, 4) is 42.4 Å². The van der Waals surface area contributed by atoms with Crippen LogP contribution in [0.4, 0.5) is 9.59 Å². The van der Waals surface area contributed by atoms with Crippen LogP contribution in [0.15, 0.2) is 72.8 Å². The molecular formula is C40H40N2O6S3Si. The number of carbonyl (C=O) groups is 2. The molecule has 0 saturated carbocycles. The molecule has 52 heavy (non-hydrogen) atoms. The van der Waals surface area contributed by atoms with Crippen molar-refractivity contribution in [2.75, 3.05) is 13.2 Å². The minimum atomic E-state index is -4.04. The second-order valence-electron chi connectivity index (χ2n) is 14.7. The van der Waals surface area contributed by atoms with E-state index >= 15 is 0 Å². The van der Waals surface area contributed by atoms with Crippen LogP contribution in [0.1, 0.15) is 65.8 Å². The summed E-state index contributed by atoms with van der Waals surface area (Å²) in [6.07, 6.45) is -1.80. The molecule has 0 radical (unpaired) electrons. The smallest absolute Gasteiger partial charge is 0.446 e. The Bertz CT molecular complexity index is 2310. The molecule has 0 spiro atoms. The Morgan fingerprint density at radius 1 is 0.615 bits per heavy atom. The number of nitrogens with zero attached hydrogens (tertiary/aromatic N) is 2. The van der Waals surface area contributed by atoms with Gasteiger partial charge >= 0.3 is 20.9 Å². The first-order chi connectivity index (χ1) is 24.7. The molecule has 0 unspecified atom stereocenters. The van der Waals surface area contributed by atoms with Gasteiger partial charge in [-0.25, -0.2) is 9.59 Å². The van der Waals surface area contributed by atoms with Crippen LogP contribution in [0, 0.1) is 0 Å². The average Bonchev–Trinajstić information content (AvgIpc) is 3.90. The van der Waals surface area contributed by atoms with Crippen molar-refractivity contribution in [2.24, 2.45) is 0 Å². The van der Waals surface area contributed by atoms with Crippen molar-refractivity contribution >= 4 is 76.7 Å². The lowest BCUT2D eigenvalue weighted by Crippen LogP contribution is -2.63. The van der Waals surface area contributed by atoms with Gasteiger partial charge in [0.05, 0.1) is 24.9 Å². The summed E-state index contributed by atoms with van der Waals surface area (Å²) in [7, 11) is -4.04. The fourth-order valence-corrected chi connectivity index (χ4v) is 12.3.